The van der Waals surface area contributed by atoms with Gasteiger partial charge in [-0.05, 0) is 89.2 Å². The third-order valence-electron chi connectivity index (χ3n) is 13.8. The summed E-state index contributed by atoms with van der Waals surface area (Å²) in [5.41, 5.74) is 2.34. The van der Waals surface area contributed by atoms with E-state index in [4.69, 9.17) is 28.4 Å². The van der Waals surface area contributed by atoms with Gasteiger partial charge in [0.15, 0.2) is 0 Å². The average molecular weight is 864 g/mol. The number of rotatable bonds is 22. The van der Waals surface area contributed by atoms with E-state index in [1.807, 2.05) is 13.8 Å². The molecule has 4 aliphatic heterocycles. The third kappa shape index (κ3) is 13.2. The van der Waals surface area contributed by atoms with Crippen molar-refractivity contribution in [1.29, 1.82) is 0 Å². The molecule has 0 radical (unpaired) electrons. The first-order valence-corrected chi connectivity index (χ1v) is 23.4. The standard InChI is InChI=1S/C49H69NO12/c1-32-37-22-19-34(16-14-27-48(3)44(61-48)42(37)59-46(32)55)30-57-40(53)25-21-36(51)18-12-10-8-6-5-7-9-11-13-29-50-39(52)24-26-41(54)58-31-35-17-15-28-49(4)45(62-49)43-38(23-20-35)33(2)47(56)60-43/h16-17,37-38,42-45H,1-2,5-15,18-31H2,3-4H3,(H,50,52)/b34-16+,35-17+/t37-,38-,42-,43-,44-,45-,48+,49+/m0/s1. The molecule has 0 spiro atoms. The number of epoxide rings is 2. The lowest BCUT2D eigenvalue weighted by Crippen LogP contribution is -2.29. The van der Waals surface area contributed by atoms with Gasteiger partial charge in [0.05, 0.1) is 24.0 Å². The van der Waals surface area contributed by atoms with Gasteiger partial charge < -0.3 is 33.7 Å². The molecule has 13 nitrogen and oxygen atoms in total. The van der Waals surface area contributed by atoms with Gasteiger partial charge in [0, 0.05) is 48.8 Å². The van der Waals surface area contributed by atoms with Crippen LogP contribution in [0.1, 0.15) is 155 Å². The molecule has 0 bridgehead atoms. The number of esters is 4. The molecule has 1 N–H and O–H groups in total. The van der Waals surface area contributed by atoms with Crippen molar-refractivity contribution in [3.05, 3.63) is 47.6 Å². The fourth-order valence-corrected chi connectivity index (χ4v) is 9.58. The van der Waals surface area contributed by atoms with Gasteiger partial charge in [0.1, 0.15) is 43.4 Å². The van der Waals surface area contributed by atoms with Gasteiger partial charge >= 0.3 is 23.9 Å². The first kappa shape index (κ1) is 47.4. The summed E-state index contributed by atoms with van der Waals surface area (Å²) in [6.45, 7) is 12.9. The average Bonchev–Trinajstić information content (AvgIpc) is 4.06. The van der Waals surface area contributed by atoms with Crippen molar-refractivity contribution in [2.75, 3.05) is 19.8 Å². The zero-order chi connectivity index (χ0) is 44.3. The Bertz CT molecular complexity index is 1640. The highest BCUT2D eigenvalue weighted by Crippen LogP contribution is 2.51. The molecule has 0 unspecified atom stereocenters. The van der Waals surface area contributed by atoms with Crippen molar-refractivity contribution in [2.45, 2.75) is 191 Å². The molecule has 0 aromatic rings. The van der Waals surface area contributed by atoms with Crippen LogP contribution < -0.4 is 5.32 Å². The summed E-state index contributed by atoms with van der Waals surface area (Å²) in [5.74, 6) is -1.76. The number of nitrogens with one attached hydrogen (secondary N) is 1. The summed E-state index contributed by atoms with van der Waals surface area (Å²) >= 11 is 0. The Kier molecular flexibility index (Phi) is 16.8. The van der Waals surface area contributed by atoms with E-state index in [-0.39, 0.29) is 116 Å². The van der Waals surface area contributed by atoms with Crippen molar-refractivity contribution < 1.29 is 57.2 Å². The minimum absolute atomic E-state index is 0.0251. The summed E-state index contributed by atoms with van der Waals surface area (Å²) in [5, 5.41) is 2.91. The number of allylic oxidation sites excluding steroid dienone is 2. The van der Waals surface area contributed by atoms with E-state index < -0.39 is 5.97 Å². The highest BCUT2D eigenvalue weighted by molar-refractivity contribution is 5.91. The molecule has 0 saturated carbocycles. The van der Waals surface area contributed by atoms with Crippen molar-refractivity contribution >= 4 is 35.6 Å². The fourth-order valence-electron chi connectivity index (χ4n) is 9.58. The normalized spacial score (nSPS) is 31.9. The van der Waals surface area contributed by atoms with Crippen LogP contribution in [0.15, 0.2) is 47.6 Å². The molecule has 342 valence electrons. The fraction of sp³-hybridized carbons (Fsp3) is 0.714. The van der Waals surface area contributed by atoms with Gasteiger partial charge in [-0.25, -0.2) is 9.59 Å². The molecular formula is C49H69NO12. The van der Waals surface area contributed by atoms with Crippen LogP contribution in [0.3, 0.4) is 0 Å². The Labute approximate surface area is 367 Å². The van der Waals surface area contributed by atoms with Crippen LogP contribution >= 0.6 is 0 Å². The quantitative estimate of drug-likeness (QED) is 0.0280. The number of carbonyl (C=O) groups excluding carboxylic acids is 6. The van der Waals surface area contributed by atoms with Crippen molar-refractivity contribution in [3.8, 4) is 0 Å². The zero-order valence-electron chi connectivity index (χ0n) is 37.1. The molecule has 8 atom stereocenters. The largest absolute Gasteiger partial charge is 0.461 e. The monoisotopic (exact) mass is 863 g/mol. The van der Waals surface area contributed by atoms with E-state index in [1.54, 1.807) is 0 Å². The molecule has 4 heterocycles. The number of hydrogen-bond acceptors (Lipinski definition) is 12. The summed E-state index contributed by atoms with van der Waals surface area (Å²) < 4.78 is 34.2. The highest BCUT2D eigenvalue weighted by atomic mass is 16.7. The van der Waals surface area contributed by atoms with Crippen molar-refractivity contribution in [3.63, 3.8) is 0 Å². The number of Topliss-reactive ketones (excluding diaryl/α,β-unsaturated/α-hetero) is 1. The van der Waals surface area contributed by atoms with E-state index in [9.17, 15) is 28.8 Å². The van der Waals surface area contributed by atoms with Crippen LogP contribution in [-0.2, 0) is 57.2 Å². The molecular weight excluding hydrogens is 795 g/mol. The Balaban J connectivity index is 0.715. The van der Waals surface area contributed by atoms with Crippen LogP contribution in [-0.4, -0.2) is 90.9 Å². The summed E-state index contributed by atoms with van der Waals surface area (Å²) in [4.78, 5) is 74.1. The molecule has 13 heteroatoms. The molecule has 1 amide bonds. The number of carbonyl (C=O) groups is 6. The van der Waals surface area contributed by atoms with E-state index in [1.165, 1.54) is 0 Å². The van der Waals surface area contributed by atoms with Gasteiger partial charge in [0.25, 0.3) is 0 Å². The maximum Gasteiger partial charge on any atom is 0.334 e. The molecule has 4 saturated heterocycles. The van der Waals surface area contributed by atoms with Crippen LogP contribution in [0.5, 0.6) is 0 Å². The second-order valence-electron chi connectivity index (χ2n) is 18.7. The summed E-state index contributed by atoms with van der Waals surface area (Å²) in [6, 6.07) is 0. The van der Waals surface area contributed by atoms with Gasteiger partial charge in [-0.1, -0.05) is 70.3 Å². The minimum atomic E-state index is -0.405. The molecule has 2 aliphatic carbocycles. The Morgan fingerprint density at radius 1 is 0.645 bits per heavy atom. The van der Waals surface area contributed by atoms with Crippen LogP contribution in [0.4, 0.5) is 0 Å². The lowest BCUT2D eigenvalue weighted by Gasteiger charge is -2.20. The molecule has 0 aromatic heterocycles. The molecule has 6 aliphatic rings. The van der Waals surface area contributed by atoms with Gasteiger partial charge in [0.2, 0.25) is 5.91 Å². The topological polar surface area (TPSA) is 176 Å². The van der Waals surface area contributed by atoms with Crippen molar-refractivity contribution in [1.82, 2.24) is 5.32 Å². The van der Waals surface area contributed by atoms with Crippen LogP contribution in [0.25, 0.3) is 0 Å². The molecule has 6 rings (SSSR count). The highest BCUT2D eigenvalue weighted by Gasteiger charge is 2.62. The van der Waals surface area contributed by atoms with E-state index in [0.717, 1.165) is 94.6 Å². The minimum Gasteiger partial charge on any atom is -0.461 e. The molecule has 0 aromatic carbocycles. The first-order valence-electron chi connectivity index (χ1n) is 23.4. The van der Waals surface area contributed by atoms with Crippen molar-refractivity contribution in [2.24, 2.45) is 11.8 Å². The van der Waals surface area contributed by atoms with Gasteiger partial charge in [-0.15, -0.1) is 0 Å². The van der Waals surface area contributed by atoms with Gasteiger partial charge in [-0.2, -0.15) is 0 Å². The van der Waals surface area contributed by atoms with E-state index >= 15 is 0 Å². The predicted molar refractivity (Wildman–Crippen MR) is 229 cm³/mol. The number of ketones is 1. The smallest absolute Gasteiger partial charge is 0.334 e. The Hall–Kier alpha value is -4.10. The van der Waals surface area contributed by atoms with E-state index in [0.29, 0.717) is 49.8 Å². The Morgan fingerprint density at radius 2 is 1.10 bits per heavy atom. The van der Waals surface area contributed by atoms with Gasteiger partial charge in [-0.3, -0.25) is 19.2 Å². The third-order valence-corrected chi connectivity index (χ3v) is 13.8. The number of unbranched alkanes of at least 4 members (excludes halogenated alkanes) is 8. The number of ether oxygens (including phenoxy) is 6. The number of fused-ring (bicyclic) bond motifs is 6. The second kappa shape index (κ2) is 22.0. The zero-order valence-corrected chi connectivity index (χ0v) is 37.1. The lowest BCUT2D eigenvalue weighted by molar-refractivity contribution is -0.144. The maximum atomic E-state index is 12.5. The summed E-state index contributed by atoms with van der Waals surface area (Å²) in [6.07, 6.45) is 19.4. The SMILES string of the molecule is C=C1C(=O)O[C@H]2[C@H]1CC/C(COC(=O)CCC(=O)CCCCCCCCCCCNC(=O)CCC(=O)OC/C1=C/CC[C@@]3(C)O[C@H]3[C@H]3OC(=O)C(=C)[C@@H]3CC1)=C\CC[C@@]1(C)O[C@@H]21. The Morgan fingerprint density at radius 3 is 1.60 bits per heavy atom. The van der Waals surface area contributed by atoms with Crippen LogP contribution in [0.2, 0.25) is 0 Å². The molecule has 4 fully saturated rings. The second-order valence-corrected chi connectivity index (χ2v) is 18.7. The number of amides is 1. The number of hydrogen-bond donors (Lipinski definition) is 1. The van der Waals surface area contributed by atoms with Crippen LogP contribution in [0, 0.1) is 11.8 Å². The summed E-state index contributed by atoms with van der Waals surface area (Å²) in [7, 11) is 0. The first-order chi connectivity index (χ1) is 29.8. The molecule has 62 heavy (non-hydrogen) atoms. The van der Waals surface area contributed by atoms with E-state index in [2.05, 4.69) is 30.6 Å². The lowest BCUT2D eigenvalue weighted by atomic mass is 9.84. The maximum absolute atomic E-state index is 12.5. The predicted octanol–water partition coefficient (Wildman–Crippen LogP) is 7.73.